The molecule has 2 amide bonds. The minimum absolute atomic E-state index is 0.200. The molecule has 0 aliphatic heterocycles. The first-order valence-corrected chi connectivity index (χ1v) is 6.41. The van der Waals surface area contributed by atoms with Crippen molar-refractivity contribution in [3.8, 4) is 0 Å². The number of hydrogen-bond donors (Lipinski definition) is 2. The summed E-state index contributed by atoms with van der Waals surface area (Å²) in [6.07, 6.45) is 4.94. The molecule has 96 valence electrons. The number of carboxylic acids is 1. The molecule has 0 unspecified atom stereocenters. The summed E-state index contributed by atoms with van der Waals surface area (Å²) in [5, 5.41) is 11.5. The summed E-state index contributed by atoms with van der Waals surface area (Å²) in [4.78, 5) is 24.7. The summed E-state index contributed by atoms with van der Waals surface area (Å²) in [6, 6.07) is -0.612. The highest BCUT2D eigenvalue weighted by atomic mass is 16.4. The van der Waals surface area contributed by atoms with Crippen molar-refractivity contribution in [3.63, 3.8) is 0 Å². The lowest BCUT2D eigenvalue weighted by Crippen LogP contribution is -2.49. The Kier molecular flexibility index (Phi) is 3.54. The summed E-state index contributed by atoms with van der Waals surface area (Å²) in [6.45, 7) is 2.56. The van der Waals surface area contributed by atoms with Gasteiger partial charge in [0.15, 0.2) is 0 Å². The van der Waals surface area contributed by atoms with Gasteiger partial charge < -0.3 is 15.3 Å². The molecule has 2 rings (SSSR count). The van der Waals surface area contributed by atoms with Gasteiger partial charge in [-0.05, 0) is 38.0 Å². The second kappa shape index (κ2) is 4.94. The largest absolute Gasteiger partial charge is 0.480 e. The van der Waals surface area contributed by atoms with Gasteiger partial charge in [0.25, 0.3) is 0 Å². The van der Waals surface area contributed by atoms with E-state index in [2.05, 4.69) is 5.32 Å². The van der Waals surface area contributed by atoms with E-state index < -0.39 is 12.0 Å². The van der Waals surface area contributed by atoms with Crippen molar-refractivity contribution in [1.29, 1.82) is 0 Å². The number of nitrogens with one attached hydrogen (secondary N) is 1. The molecule has 0 aromatic carbocycles. The van der Waals surface area contributed by atoms with E-state index in [1.807, 2.05) is 4.90 Å². The maximum Gasteiger partial charge on any atom is 0.326 e. The lowest BCUT2D eigenvalue weighted by Gasteiger charge is -2.24. The Labute approximate surface area is 101 Å². The zero-order chi connectivity index (χ0) is 12.4. The molecule has 5 nitrogen and oxygen atoms in total. The summed E-state index contributed by atoms with van der Waals surface area (Å²) >= 11 is 0. The zero-order valence-electron chi connectivity index (χ0n) is 10.2. The highest BCUT2D eigenvalue weighted by molar-refractivity contribution is 5.82. The predicted molar refractivity (Wildman–Crippen MR) is 62.7 cm³/mol. The van der Waals surface area contributed by atoms with Crippen LogP contribution in [0.4, 0.5) is 4.79 Å². The number of carbonyl (C=O) groups is 2. The standard InChI is InChI=1S/C12H20N2O3/c1-2-10(11(15)16)13-12(17)14(9-5-6-9)7-8-3-4-8/h8-10H,2-7H2,1H3,(H,13,17)(H,15,16)/t10-/m0/s1. The molecule has 5 heteroatoms. The molecule has 17 heavy (non-hydrogen) atoms. The van der Waals surface area contributed by atoms with Crippen molar-refractivity contribution in [1.82, 2.24) is 10.2 Å². The van der Waals surface area contributed by atoms with Crippen LogP contribution in [0.3, 0.4) is 0 Å². The van der Waals surface area contributed by atoms with Gasteiger partial charge >= 0.3 is 12.0 Å². The minimum Gasteiger partial charge on any atom is -0.480 e. The maximum atomic E-state index is 12.0. The third-order valence-corrected chi connectivity index (χ3v) is 3.40. The Bertz CT molecular complexity index is 311. The average Bonchev–Trinajstić information content (AvgIpc) is 3.15. The van der Waals surface area contributed by atoms with Crippen LogP contribution < -0.4 is 5.32 Å². The number of hydrogen-bond acceptors (Lipinski definition) is 2. The van der Waals surface area contributed by atoms with E-state index >= 15 is 0 Å². The van der Waals surface area contributed by atoms with Gasteiger partial charge in [-0.25, -0.2) is 9.59 Å². The van der Waals surface area contributed by atoms with Gasteiger partial charge in [0.2, 0.25) is 0 Å². The molecule has 2 aliphatic rings. The van der Waals surface area contributed by atoms with Crippen molar-refractivity contribution in [2.24, 2.45) is 5.92 Å². The fourth-order valence-corrected chi connectivity index (χ4v) is 1.93. The van der Waals surface area contributed by atoms with Crippen molar-refractivity contribution in [3.05, 3.63) is 0 Å². The minimum atomic E-state index is -0.956. The molecular weight excluding hydrogens is 220 g/mol. The lowest BCUT2D eigenvalue weighted by molar-refractivity contribution is -0.139. The monoisotopic (exact) mass is 240 g/mol. The van der Waals surface area contributed by atoms with Crippen LogP contribution in [0.15, 0.2) is 0 Å². The number of rotatable bonds is 6. The van der Waals surface area contributed by atoms with Crippen molar-refractivity contribution < 1.29 is 14.7 Å². The first-order chi connectivity index (χ1) is 8.11. The normalized spacial score (nSPS) is 20.8. The summed E-state index contributed by atoms with van der Waals surface area (Å²) in [5.74, 6) is -0.311. The number of aliphatic carboxylic acids is 1. The van der Waals surface area contributed by atoms with E-state index in [9.17, 15) is 9.59 Å². The number of urea groups is 1. The molecule has 0 heterocycles. The topological polar surface area (TPSA) is 69.6 Å². The third kappa shape index (κ3) is 3.35. The lowest BCUT2D eigenvalue weighted by atomic mass is 10.2. The second-order valence-corrected chi connectivity index (χ2v) is 5.08. The van der Waals surface area contributed by atoms with E-state index in [4.69, 9.17) is 5.11 Å². The number of carboxylic acid groups (broad SMARTS) is 1. The van der Waals surface area contributed by atoms with Gasteiger partial charge in [-0.15, -0.1) is 0 Å². The predicted octanol–water partition coefficient (Wildman–Crippen LogP) is 1.43. The van der Waals surface area contributed by atoms with Crippen LogP contribution in [-0.2, 0) is 4.79 Å². The van der Waals surface area contributed by atoms with Gasteiger partial charge in [-0.1, -0.05) is 6.92 Å². The Balaban J connectivity index is 1.88. The highest BCUT2D eigenvalue weighted by Gasteiger charge is 2.37. The molecule has 2 fully saturated rings. The first-order valence-electron chi connectivity index (χ1n) is 6.41. The molecule has 0 bridgehead atoms. The van der Waals surface area contributed by atoms with Gasteiger partial charge in [0.1, 0.15) is 6.04 Å². The van der Waals surface area contributed by atoms with Crippen LogP contribution in [0.25, 0.3) is 0 Å². The molecule has 2 N–H and O–H groups in total. The molecule has 0 saturated heterocycles. The van der Waals surface area contributed by atoms with Crippen molar-refractivity contribution in [2.75, 3.05) is 6.54 Å². The highest BCUT2D eigenvalue weighted by Crippen LogP contribution is 2.34. The molecular formula is C12H20N2O3. The molecule has 0 aromatic rings. The first kappa shape index (κ1) is 12.2. The number of carbonyl (C=O) groups excluding carboxylic acids is 1. The zero-order valence-corrected chi connectivity index (χ0v) is 10.2. The van der Waals surface area contributed by atoms with E-state index in [0.29, 0.717) is 18.4 Å². The van der Waals surface area contributed by atoms with Crippen LogP contribution in [0.2, 0.25) is 0 Å². The van der Waals surface area contributed by atoms with Gasteiger partial charge in [0.05, 0.1) is 0 Å². The van der Waals surface area contributed by atoms with Gasteiger partial charge in [-0.2, -0.15) is 0 Å². The van der Waals surface area contributed by atoms with Crippen LogP contribution >= 0.6 is 0 Å². The second-order valence-electron chi connectivity index (χ2n) is 5.08. The van der Waals surface area contributed by atoms with E-state index in [0.717, 1.165) is 19.4 Å². The fourth-order valence-electron chi connectivity index (χ4n) is 1.93. The van der Waals surface area contributed by atoms with Crippen molar-refractivity contribution in [2.45, 2.75) is 51.1 Å². The number of nitrogens with zero attached hydrogens (tertiary/aromatic N) is 1. The Morgan fingerprint density at radius 3 is 2.41 bits per heavy atom. The van der Waals surface area contributed by atoms with Gasteiger partial charge in [0, 0.05) is 12.6 Å². The summed E-state index contributed by atoms with van der Waals surface area (Å²) in [7, 11) is 0. The summed E-state index contributed by atoms with van der Waals surface area (Å²) in [5.41, 5.74) is 0. The Hall–Kier alpha value is -1.26. The van der Waals surface area contributed by atoms with Crippen LogP contribution in [0.1, 0.15) is 39.0 Å². The van der Waals surface area contributed by atoms with Crippen LogP contribution in [0, 0.1) is 5.92 Å². The van der Waals surface area contributed by atoms with E-state index in [1.54, 1.807) is 6.92 Å². The summed E-state index contributed by atoms with van der Waals surface area (Å²) < 4.78 is 0. The quantitative estimate of drug-likeness (QED) is 0.738. The van der Waals surface area contributed by atoms with Crippen molar-refractivity contribution >= 4 is 12.0 Å². The molecule has 2 aliphatic carbocycles. The third-order valence-electron chi connectivity index (χ3n) is 3.40. The fraction of sp³-hybridized carbons (Fsp3) is 0.833. The van der Waals surface area contributed by atoms with E-state index in [1.165, 1.54) is 12.8 Å². The van der Waals surface area contributed by atoms with Crippen LogP contribution in [-0.4, -0.2) is 40.6 Å². The smallest absolute Gasteiger partial charge is 0.326 e. The SMILES string of the molecule is CC[C@H](NC(=O)N(CC1CC1)C1CC1)C(=O)O. The Morgan fingerprint density at radius 2 is 2.00 bits per heavy atom. The molecule has 1 atom stereocenters. The molecule has 0 aromatic heterocycles. The van der Waals surface area contributed by atoms with Gasteiger partial charge in [-0.3, -0.25) is 0 Å². The van der Waals surface area contributed by atoms with E-state index in [-0.39, 0.29) is 6.03 Å². The molecule has 2 saturated carbocycles. The Morgan fingerprint density at radius 1 is 1.35 bits per heavy atom. The maximum absolute atomic E-state index is 12.0. The average molecular weight is 240 g/mol. The molecule has 0 radical (unpaired) electrons. The van der Waals surface area contributed by atoms with Crippen LogP contribution in [0.5, 0.6) is 0 Å². The number of amides is 2. The molecule has 0 spiro atoms.